The summed E-state index contributed by atoms with van der Waals surface area (Å²) in [5.41, 5.74) is 2.38. The number of nitrogens with zero attached hydrogens (tertiary/aromatic N) is 2. The second-order valence-electron chi connectivity index (χ2n) is 4.37. The maximum Gasteiger partial charge on any atom is 0.214 e. The van der Waals surface area contributed by atoms with Gasteiger partial charge in [-0.1, -0.05) is 23.7 Å². The van der Waals surface area contributed by atoms with Crippen molar-refractivity contribution in [3.63, 3.8) is 0 Å². The molecule has 2 aromatic rings. The van der Waals surface area contributed by atoms with Crippen molar-refractivity contribution in [2.45, 2.75) is 13.5 Å². The summed E-state index contributed by atoms with van der Waals surface area (Å²) in [4.78, 5) is 4.08. The molecule has 0 radical (unpaired) electrons. The Morgan fingerprint density at radius 3 is 2.91 bits per heavy atom. The lowest BCUT2D eigenvalue weighted by Crippen LogP contribution is -2.00. The molecule has 5 heteroatoms. The molecule has 0 spiro atoms. The van der Waals surface area contributed by atoms with Gasteiger partial charge in [0, 0.05) is 6.07 Å². The van der Waals surface area contributed by atoms with Crippen LogP contribution in [0.1, 0.15) is 23.6 Å². The lowest BCUT2D eigenvalue weighted by Gasteiger charge is -2.09. The molecule has 0 atom stereocenters. The Morgan fingerprint density at radius 2 is 2.18 bits per heavy atom. The summed E-state index contributed by atoms with van der Waals surface area (Å²) in [6.45, 7) is 2.82. The molecule has 0 saturated heterocycles. The maximum absolute atomic E-state index is 9.00. The molecular formula is C17H15ClN2O2. The molecule has 0 saturated carbocycles. The van der Waals surface area contributed by atoms with Crippen LogP contribution < -0.4 is 4.74 Å². The first-order valence-electron chi connectivity index (χ1n) is 6.79. The third-order valence-corrected chi connectivity index (χ3v) is 3.06. The predicted octanol–water partition coefficient (Wildman–Crippen LogP) is 4.19. The fourth-order valence-electron chi connectivity index (χ4n) is 1.79. The lowest BCUT2D eigenvalue weighted by molar-refractivity contribution is 0.272. The Balaban J connectivity index is 2.17. The van der Waals surface area contributed by atoms with Gasteiger partial charge in [0.05, 0.1) is 24.5 Å². The van der Waals surface area contributed by atoms with Gasteiger partial charge in [-0.05, 0) is 42.3 Å². The van der Waals surface area contributed by atoms with Crippen LogP contribution >= 0.6 is 11.6 Å². The van der Waals surface area contributed by atoms with Crippen molar-refractivity contribution >= 4 is 17.7 Å². The van der Waals surface area contributed by atoms with E-state index in [2.05, 4.69) is 11.1 Å². The quantitative estimate of drug-likeness (QED) is 0.592. The molecule has 2 rings (SSSR count). The molecule has 112 valence electrons. The molecule has 0 fully saturated rings. The first-order chi connectivity index (χ1) is 10.7. The van der Waals surface area contributed by atoms with E-state index in [-0.39, 0.29) is 0 Å². The molecule has 4 nitrogen and oxygen atoms in total. The number of benzene rings is 1. The van der Waals surface area contributed by atoms with E-state index >= 15 is 0 Å². The molecule has 1 aromatic carbocycles. The molecule has 0 amide bonds. The minimum atomic E-state index is 0.324. The highest BCUT2D eigenvalue weighted by Gasteiger charge is 2.04. The third kappa shape index (κ3) is 4.51. The monoisotopic (exact) mass is 314 g/mol. The fourth-order valence-corrected chi connectivity index (χ4v) is 1.95. The van der Waals surface area contributed by atoms with E-state index in [0.717, 1.165) is 11.1 Å². The molecule has 0 aliphatic rings. The number of pyridine rings is 1. The average Bonchev–Trinajstić information content (AvgIpc) is 2.54. The summed E-state index contributed by atoms with van der Waals surface area (Å²) in [5.74, 6) is 0.455. The number of hydrogen-bond donors (Lipinski definition) is 0. The zero-order valence-corrected chi connectivity index (χ0v) is 12.9. The topological polar surface area (TPSA) is 55.1 Å². The second-order valence-corrected chi connectivity index (χ2v) is 4.76. The van der Waals surface area contributed by atoms with Crippen LogP contribution in [-0.4, -0.2) is 11.6 Å². The zero-order chi connectivity index (χ0) is 15.8. The van der Waals surface area contributed by atoms with Gasteiger partial charge in [-0.15, -0.1) is 0 Å². The number of hydrogen-bond acceptors (Lipinski definition) is 4. The molecule has 22 heavy (non-hydrogen) atoms. The standard InChI is InChI=1S/C17H15ClN2O2/c1-2-21-9-8-14-10-13(11-19)6-7-15(14)12-22-17-5-3-4-16(18)20-17/h3-10H,2,12H2,1H3/b9-8+. The number of aromatic nitrogens is 1. The minimum Gasteiger partial charge on any atom is -0.501 e. The third-order valence-electron chi connectivity index (χ3n) is 2.85. The summed E-state index contributed by atoms with van der Waals surface area (Å²) < 4.78 is 10.9. The van der Waals surface area contributed by atoms with E-state index in [1.165, 1.54) is 0 Å². The first kappa shape index (κ1) is 15.9. The molecule has 0 aliphatic heterocycles. The summed E-state index contributed by atoms with van der Waals surface area (Å²) in [5, 5.41) is 9.38. The number of nitriles is 1. The Morgan fingerprint density at radius 1 is 1.32 bits per heavy atom. The Kier molecular flexibility index (Phi) is 5.81. The summed E-state index contributed by atoms with van der Waals surface area (Å²) in [7, 11) is 0. The summed E-state index contributed by atoms with van der Waals surface area (Å²) in [6, 6.07) is 12.7. The van der Waals surface area contributed by atoms with Crippen LogP contribution in [0.5, 0.6) is 5.88 Å². The lowest BCUT2D eigenvalue weighted by atomic mass is 10.0. The van der Waals surface area contributed by atoms with E-state index in [4.69, 9.17) is 26.3 Å². The van der Waals surface area contributed by atoms with Crippen LogP contribution in [0.25, 0.3) is 6.08 Å². The van der Waals surface area contributed by atoms with Gasteiger partial charge in [0.1, 0.15) is 11.8 Å². The maximum atomic E-state index is 9.00. The van der Waals surface area contributed by atoms with Crippen molar-refractivity contribution in [3.8, 4) is 11.9 Å². The van der Waals surface area contributed by atoms with E-state index in [0.29, 0.717) is 29.8 Å². The van der Waals surface area contributed by atoms with Crippen molar-refractivity contribution in [1.29, 1.82) is 5.26 Å². The van der Waals surface area contributed by atoms with E-state index < -0.39 is 0 Å². The highest BCUT2D eigenvalue weighted by molar-refractivity contribution is 6.29. The normalized spacial score (nSPS) is 10.4. The van der Waals surface area contributed by atoms with Crippen molar-refractivity contribution in [2.24, 2.45) is 0 Å². The predicted molar refractivity (Wildman–Crippen MR) is 85.4 cm³/mol. The molecular weight excluding hydrogens is 300 g/mol. The van der Waals surface area contributed by atoms with Crippen LogP contribution in [-0.2, 0) is 11.3 Å². The molecule has 0 unspecified atom stereocenters. The van der Waals surface area contributed by atoms with Crippen LogP contribution in [0.3, 0.4) is 0 Å². The van der Waals surface area contributed by atoms with Gasteiger partial charge in [0.15, 0.2) is 0 Å². The zero-order valence-electron chi connectivity index (χ0n) is 12.1. The molecule has 0 aliphatic carbocycles. The highest BCUT2D eigenvalue weighted by atomic mass is 35.5. The molecule has 1 heterocycles. The largest absolute Gasteiger partial charge is 0.501 e. The summed E-state index contributed by atoms with van der Waals surface area (Å²) in [6.07, 6.45) is 3.42. The van der Waals surface area contributed by atoms with Gasteiger partial charge in [0.2, 0.25) is 5.88 Å². The van der Waals surface area contributed by atoms with Gasteiger partial charge in [-0.25, -0.2) is 4.98 Å². The number of ether oxygens (including phenoxy) is 2. The Hall–Kier alpha value is -2.51. The van der Waals surface area contributed by atoms with E-state index in [9.17, 15) is 0 Å². The van der Waals surface area contributed by atoms with Gasteiger partial charge in [0.25, 0.3) is 0 Å². The Labute approximate surface area is 134 Å². The van der Waals surface area contributed by atoms with Crippen molar-refractivity contribution in [1.82, 2.24) is 4.98 Å². The van der Waals surface area contributed by atoms with Crippen molar-refractivity contribution in [2.75, 3.05) is 6.61 Å². The Bertz CT molecular complexity index is 708. The van der Waals surface area contributed by atoms with Gasteiger partial charge in [-0.2, -0.15) is 5.26 Å². The van der Waals surface area contributed by atoms with Crippen molar-refractivity contribution < 1.29 is 9.47 Å². The van der Waals surface area contributed by atoms with Gasteiger partial charge >= 0.3 is 0 Å². The number of rotatable bonds is 6. The molecule has 0 N–H and O–H groups in total. The van der Waals surface area contributed by atoms with Gasteiger partial charge < -0.3 is 9.47 Å². The van der Waals surface area contributed by atoms with Crippen LogP contribution in [0.2, 0.25) is 5.15 Å². The smallest absolute Gasteiger partial charge is 0.214 e. The van der Waals surface area contributed by atoms with E-state index in [1.54, 1.807) is 36.6 Å². The van der Waals surface area contributed by atoms with Gasteiger partial charge in [-0.3, -0.25) is 0 Å². The second kappa shape index (κ2) is 8.06. The van der Waals surface area contributed by atoms with Crippen LogP contribution in [0.15, 0.2) is 42.7 Å². The van der Waals surface area contributed by atoms with E-state index in [1.807, 2.05) is 19.1 Å². The first-order valence-corrected chi connectivity index (χ1v) is 7.17. The SMILES string of the molecule is CCO/C=C/c1cc(C#N)ccc1COc1cccc(Cl)n1. The molecule has 0 bridgehead atoms. The van der Waals surface area contributed by atoms with Crippen LogP contribution in [0, 0.1) is 11.3 Å². The van der Waals surface area contributed by atoms with Crippen molar-refractivity contribution in [3.05, 3.63) is 64.5 Å². The van der Waals surface area contributed by atoms with Crippen LogP contribution in [0.4, 0.5) is 0 Å². The average molecular weight is 315 g/mol. The summed E-state index contributed by atoms with van der Waals surface area (Å²) >= 11 is 5.83. The highest BCUT2D eigenvalue weighted by Crippen LogP contribution is 2.18. The minimum absolute atomic E-state index is 0.324. The number of halogens is 1. The fraction of sp³-hybridized carbons (Fsp3) is 0.176. The molecule has 1 aromatic heterocycles.